The highest BCUT2D eigenvalue weighted by molar-refractivity contribution is 6.50. The minimum atomic E-state index is -1.16. The summed E-state index contributed by atoms with van der Waals surface area (Å²) < 4.78 is 0. The summed E-state index contributed by atoms with van der Waals surface area (Å²) in [5.74, 6) is -1.16. The monoisotopic (exact) mass is 368 g/mol. The van der Waals surface area contributed by atoms with E-state index in [2.05, 4.69) is 0 Å². The van der Waals surface area contributed by atoms with E-state index in [-0.39, 0.29) is 30.7 Å². The first-order valence-electron chi connectivity index (χ1n) is 5.19. The average Bonchev–Trinajstić information content (AvgIpc) is 2.38. The van der Waals surface area contributed by atoms with Crippen molar-refractivity contribution in [1.82, 2.24) is 0 Å². The molecule has 0 spiro atoms. The summed E-state index contributed by atoms with van der Waals surface area (Å²) in [6.07, 6.45) is 0. The highest BCUT2D eigenvalue weighted by Gasteiger charge is 2.18. The highest BCUT2D eigenvalue weighted by Crippen LogP contribution is 2.43. The van der Waals surface area contributed by atoms with Crippen LogP contribution >= 0.6 is 58.0 Å². The number of carboxylic acids is 1. The lowest BCUT2D eigenvalue weighted by atomic mass is 10.0. The second-order valence-electron chi connectivity index (χ2n) is 3.84. The van der Waals surface area contributed by atoms with E-state index in [0.29, 0.717) is 11.1 Å². The molecule has 0 aliphatic heterocycles. The largest absolute Gasteiger partial charge is 0.478 e. The van der Waals surface area contributed by atoms with Gasteiger partial charge >= 0.3 is 5.97 Å². The van der Waals surface area contributed by atoms with E-state index < -0.39 is 5.97 Å². The van der Waals surface area contributed by atoms with E-state index in [0.717, 1.165) is 0 Å². The van der Waals surface area contributed by atoms with Crippen molar-refractivity contribution in [2.24, 2.45) is 0 Å². The van der Waals surface area contributed by atoms with Crippen molar-refractivity contribution in [2.45, 2.75) is 0 Å². The Bertz CT molecular complexity index is 686. The highest BCUT2D eigenvalue weighted by atomic mass is 35.5. The Morgan fingerprint density at radius 2 is 1.40 bits per heavy atom. The summed E-state index contributed by atoms with van der Waals surface area (Å²) >= 11 is 30.0. The van der Waals surface area contributed by atoms with Crippen LogP contribution in [0.15, 0.2) is 24.3 Å². The van der Waals surface area contributed by atoms with E-state index in [1.54, 1.807) is 6.07 Å². The molecule has 0 bridgehead atoms. The van der Waals surface area contributed by atoms with Gasteiger partial charge in [0, 0.05) is 5.56 Å². The lowest BCUT2D eigenvalue weighted by Gasteiger charge is -2.11. The molecule has 104 valence electrons. The first-order chi connectivity index (χ1) is 9.32. The van der Waals surface area contributed by atoms with Crippen molar-refractivity contribution in [3.05, 3.63) is 54.9 Å². The van der Waals surface area contributed by atoms with Gasteiger partial charge in [0.2, 0.25) is 0 Å². The van der Waals surface area contributed by atoms with Gasteiger partial charge in [0.15, 0.2) is 0 Å². The molecule has 0 saturated heterocycles. The fourth-order valence-corrected chi connectivity index (χ4v) is 2.90. The standard InChI is InChI=1S/C13H5Cl5O2/c14-7-2-1-5(3-6(7)13(19)20)10-11(17)8(15)4-9(16)12(10)18/h1-4H,(H,19,20). The Morgan fingerprint density at radius 3 is 1.90 bits per heavy atom. The molecular formula is C13H5Cl5O2. The van der Waals surface area contributed by atoms with Crippen LogP contribution in [-0.4, -0.2) is 11.1 Å². The third-order valence-electron chi connectivity index (χ3n) is 2.60. The van der Waals surface area contributed by atoms with Gasteiger partial charge < -0.3 is 5.11 Å². The summed E-state index contributed by atoms with van der Waals surface area (Å²) in [6.45, 7) is 0. The van der Waals surface area contributed by atoms with Gasteiger partial charge in [-0.05, 0) is 23.8 Å². The summed E-state index contributed by atoms with van der Waals surface area (Å²) in [7, 11) is 0. The zero-order valence-corrected chi connectivity index (χ0v) is 13.3. The summed E-state index contributed by atoms with van der Waals surface area (Å²) in [4.78, 5) is 11.1. The molecule has 0 amide bonds. The van der Waals surface area contributed by atoms with E-state index in [9.17, 15) is 4.79 Å². The SMILES string of the molecule is O=C(O)c1cc(-c2c(Cl)c(Cl)cc(Cl)c2Cl)ccc1Cl. The minimum Gasteiger partial charge on any atom is -0.478 e. The van der Waals surface area contributed by atoms with Crippen LogP contribution in [0.25, 0.3) is 11.1 Å². The van der Waals surface area contributed by atoms with Gasteiger partial charge in [-0.2, -0.15) is 0 Å². The molecular weight excluding hydrogens is 365 g/mol. The zero-order valence-electron chi connectivity index (χ0n) is 9.55. The molecule has 1 N–H and O–H groups in total. The van der Waals surface area contributed by atoms with Crippen molar-refractivity contribution >= 4 is 64.0 Å². The van der Waals surface area contributed by atoms with Crippen molar-refractivity contribution < 1.29 is 9.90 Å². The third-order valence-corrected chi connectivity index (χ3v) is 4.50. The zero-order chi connectivity index (χ0) is 15.0. The lowest BCUT2D eigenvalue weighted by Crippen LogP contribution is -1.98. The molecule has 2 rings (SSSR count). The minimum absolute atomic E-state index is 0.0626. The predicted molar refractivity (Wildman–Crippen MR) is 83.9 cm³/mol. The van der Waals surface area contributed by atoms with Crippen molar-refractivity contribution in [1.29, 1.82) is 0 Å². The summed E-state index contributed by atoms with van der Waals surface area (Å²) in [6, 6.07) is 5.83. The average molecular weight is 370 g/mol. The molecule has 0 fully saturated rings. The summed E-state index contributed by atoms with van der Waals surface area (Å²) in [5, 5.41) is 10.0. The number of halogens is 5. The predicted octanol–water partition coefficient (Wildman–Crippen LogP) is 6.32. The number of hydrogen-bond acceptors (Lipinski definition) is 1. The van der Waals surface area contributed by atoms with E-state index >= 15 is 0 Å². The van der Waals surface area contributed by atoms with E-state index in [1.165, 1.54) is 18.2 Å². The third kappa shape index (κ3) is 2.85. The van der Waals surface area contributed by atoms with Crippen LogP contribution in [0, 0.1) is 0 Å². The second-order valence-corrected chi connectivity index (χ2v) is 5.82. The molecule has 0 atom stereocenters. The molecule has 0 saturated carbocycles. The topological polar surface area (TPSA) is 37.3 Å². The molecule has 0 aliphatic rings. The fraction of sp³-hybridized carbons (Fsp3) is 0. The first-order valence-corrected chi connectivity index (χ1v) is 7.08. The molecule has 0 radical (unpaired) electrons. The number of aromatic carboxylic acids is 1. The van der Waals surface area contributed by atoms with Crippen molar-refractivity contribution in [3.8, 4) is 11.1 Å². The molecule has 7 heteroatoms. The number of hydrogen-bond donors (Lipinski definition) is 1. The molecule has 20 heavy (non-hydrogen) atoms. The quantitative estimate of drug-likeness (QED) is 0.628. The van der Waals surface area contributed by atoms with Crippen LogP contribution < -0.4 is 0 Å². The van der Waals surface area contributed by atoms with Gasteiger partial charge in [-0.25, -0.2) is 4.79 Å². The molecule has 2 aromatic carbocycles. The maximum absolute atomic E-state index is 11.1. The maximum atomic E-state index is 11.1. The molecule has 0 aromatic heterocycles. The van der Waals surface area contributed by atoms with Crippen LogP contribution in [0.1, 0.15) is 10.4 Å². The summed E-state index contributed by atoms with van der Waals surface area (Å²) in [5.41, 5.74) is 0.767. The van der Waals surface area contributed by atoms with Crippen LogP contribution in [0.3, 0.4) is 0 Å². The van der Waals surface area contributed by atoms with Crippen LogP contribution in [0.5, 0.6) is 0 Å². The first kappa shape index (κ1) is 15.7. The molecule has 2 nitrogen and oxygen atoms in total. The fourth-order valence-electron chi connectivity index (χ4n) is 1.67. The number of carbonyl (C=O) groups is 1. The Kier molecular flexibility index (Phi) is 4.73. The smallest absolute Gasteiger partial charge is 0.337 e. The second kappa shape index (κ2) is 6.00. The van der Waals surface area contributed by atoms with E-state index in [4.69, 9.17) is 63.1 Å². The molecule has 2 aromatic rings. The van der Waals surface area contributed by atoms with E-state index in [1.807, 2.05) is 0 Å². The van der Waals surface area contributed by atoms with Crippen LogP contribution in [-0.2, 0) is 0 Å². The van der Waals surface area contributed by atoms with Gasteiger partial charge in [-0.3, -0.25) is 0 Å². The van der Waals surface area contributed by atoms with Crippen molar-refractivity contribution in [2.75, 3.05) is 0 Å². The maximum Gasteiger partial charge on any atom is 0.337 e. The van der Waals surface area contributed by atoms with Crippen LogP contribution in [0.2, 0.25) is 25.1 Å². The van der Waals surface area contributed by atoms with Gasteiger partial charge in [0.25, 0.3) is 0 Å². The van der Waals surface area contributed by atoms with Gasteiger partial charge in [-0.15, -0.1) is 0 Å². The van der Waals surface area contributed by atoms with Crippen molar-refractivity contribution in [3.63, 3.8) is 0 Å². The molecule has 0 heterocycles. The number of carboxylic acid groups (broad SMARTS) is 1. The molecule has 0 unspecified atom stereocenters. The normalized spacial score (nSPS) is 10.7. The molecule has 0 aliphatic carbocycles. The lowest BCUT2D eigenvalue weighted by molar-refractivity contribution is 0.0697. The van der Waals surface area contributed by atoms with Gasteiger partial charge in [0.05, 0.1) is 30.7 Å². The Morgan fingerprint density at radius 1 is 0.850 bits per heavy atom. The Hall–Kier alpha value is -0.640. The Labute approximate surface area is 139 Å². The van der Waals surface area contributed by atoms with Crippen LogP contribution in [0.4, 0.5) is 0 Å². The number of rotatable bonds is 2. The Balaban J connectivity index is 2.75. The van der Waals surface area contributed by atoms with Gasteiger partial charge in [0.1, 0.15) is 0 Å². The number of benzene rings is 2. The van der Waals surface area contributed by atoms with Gasteiger partial charge in [-0.1, -0.05) is 64.1 Å².